The second-order valence-electron chi connectivity index (χ2n) is 6.69. The smallest absolute Gasteiger partial charge is 0.343 e. The monoisotopic (exact) mass is 395 g/mol. The molecule has 0 saturated carbocycles. The molecule has 1 aliphatic carbocycles. The highest BCUT2D eigenvalue weighted by Crippen LogP contribution is 2.32. The molecule has 6 nitrogen and oxygen atoms in total. The molecule has 0 atom stereocenters. The molecule has 0 saturated heterocycles. The first-order chi connectivity index (χ1) is 13.6. The summed E-state index contributed by atoms with van der Waals surface area (Å²) < 4.78 is 5.21. The van der Waals surface area contributed by atoms with Crippen LogP contribution in [0.4, 0.5) is 11.4 Å². The van der Waals surface area contributed by atoms with Gasteiger partial charge < -0.3 is 15.4 Å². The lowest BCUT2D eigenvalue weighted by Gasteiger charge is -2.13. The molecular formula is C21H21N3O3S. The number of allylic oxidation sites excluding steroid dienone is 1. The first kappa shape index (κ1) is 18.4. The van der Waals surface area contributed by atoms with Crippen LogP contribution in [0.1, 0.15) is 40.4 Å². The fourth-order valence-electron chi connectivity index (χ4n) is 3.45. The SMILES string of the molecule is CCOC(=O)C1=C(C)Nc2ccccc2N=C1NC(=O)c1cc2c(s1)CCC2. The van der Waals surface area contributed by atoms with Crippen molar-refractivity contribution in [3.63, 3.8) is 0 Å². The number of aryl methyl sites for hydroxylation is 2. The van der Waals surface area contributed by atoms with Crippen LogP contribution in [0, 0.1) is 0 Å². The lowest BCUT2D eigenvalue weighted by Crippen LogP contribution is -2.35. The molecule has 0 unspecified atom stereocenters. The number of thiophene rings is 1. The van der Waals surface area contributed by atoms with Crippen molar-refractivity contribution in [1.29, 1.82) is 0 Å². The number of benzene rings is 1. The number of esters is 1. The summed E-state index contributed by atoms with van der Waals surface area (Å²) in [4.78, 5) is 32.0. The van der Waals surface area contributed by atoms with Gasteiger partial charge in [0.25, 0.3) is 5.91 Å². The van der Waals surface area contributed by atoms with Gasteiger partial charge in [0, 0.05) is 10.6 Å². The predicted molar refractivity (Wildman–Crippen MR) is 110 cm³/mol. The summed E-state index contributed by atoms with van der Waals surface area (Å²) in [7, 11) is 0. The average molecular weight is 395 g/mol. The van der Waals surface area contributed by atoms with Gasteiger partial charge in [-0.25, -0.2) is 9.79 Å². The van der Waals surface area contributed by atoms with Crippen molar-refractivity contribution in [2.24, 2.45) is 4.99 Å². The Bertz CT molecular complexity index is 998. The van der Waals surface area contributed by atoms with Crippen LogP contribution >= 0.6 is 11.3 Å². The largest absolute Gasteiger partial charge is 0.462 e. The Kier molecular flexibility index (Phi) is 5.00. The lowest BCUT2D eigenvalue weighted by molar-refractivity contribution is -0.137. The number of carbonyl (C=O) groups is 2. The van der Waals surface area contributed by atoms with E-state index in [2.05, 4.69) is 15.6 Å². The Morgan fingerprint density at radius 2 is 2.11 bits per heavy atom. The Morgan fingerprint density at radius 3 is 2.89 bits per heavy atom. The second-order valence-corrected chi connectivity index (χ2v) is 7.83. The Morgan fingerprint density at radius 1 is 1.29 bits per heavy atom. The Hall–Kier alpha value is -2.93. The summed E-state index contributed by atoms with van der Waals surface area (Å²) in [5.41, 5.74) is 3.47. The van der Waals surface area contributed by atoms with E-state index in [0.717, 1.165) is 24.9 Å². The number of fused-ring (bicyclic) bond motifs is 2. The number of rotatable bonds is 3. The van der Waals surface area contributed by atoms with E-state index in [0.29, 0.717) is 16.3 Å². The summed E-state index contributed by atoms with van der Waals surface area (Å²) in [6.07, 6.45) is 3.19. The van der Waals surface area contributed by atoms with E-state index in [1.807, 2.05) is 30.3 Å². The Balaban J connectivity index is 1.71. The van der Waals surface area contributed by atoms with Crippen LogP contribution in [0.3, 0.4) is 0 Å². The molecule has 0 bridgehead atoms. The van der Waals surface area contributed by atoms with E-state index in [1.165, 1.54) is 21.8 Å². The summed E-state index contributed by atoms with van der Waals surface area (Å²) in [6, 6.07) is 9.40. The molecule has 28 heavy (non-hydrogen) atoms. The van der Waals surface area contributed by atoms with E-state index in [1.54, 1.807) is 13.8 Å². The third-order valence-corrected chi connectivity index (χ3v) is 5.99. The zero-order valence-electron chi connectivity index (χ0n) is 15.8. The van der Waals surface area contributed by atoms with Gasteiger partial charge in [0.15, 0.2) is 0 Å². The number of carbonyl (C=O) groups excluding carboxylic acids is 2. The molecule has 2 aromatic rings. The molecular weight excluding hydrogens is 374 g/mol. The summed E-state index contributed by atoms with van der Waals surface area (Å²) in [5.74, 6) is -0.577. The van der Waals surface area contributed by atoms with Gasteiger partial charge in [0.05, 0.1) is 22.9 Å². The van der Waals surface area contributed by atoms with Gasteiger partial charge in [-0.3, -0.25) is 4.79 Å². The minimum atomic E-state index is -0.520. The minimum absolute atomic E-state index is 0.201. The quantitative estimate of drug-likeness (QED) is 0.771. The molecule has 0 fully saturated rings. The number of amides is 1. The third kappa shape index (κ3) is 3.45. The molecule has 2 N–H and O–H groups in total. The third-order valence-electron chi connectivity index (χ3n) is 4.75. The second kappa shape index (κ2) is 7.59. The number of ether oxygens (including phenoxy) is 1. The van der Waals surface area contributed by atoms with Gasteiger partial charge in [-0.05, 0) is 56.9 Å². The van der Waals surface area contributed by atoms with Gasteiger partial charge in [-0.2, -0.15) is 0 Å². The molecule has 2 aliphatic rings. The van der Waals surface area contributed by atoms with Crippen LogP contribution in [-0.4, -0.2) is 24.3 Å². The molecule has 1 aliphatic heterocycles. The van der Waals surface area contributed by atoms with Crippen molar-refractivity contribution in [3.8, 4) is 0 Å². The highest BCUT2D eigenvalue weighted by Gasteiger charge is 2.27. The lowest BCUT2D eigenvalue weighted by atomic mass is 10.2. The minimum Gasteiger partial charge on any atom is -0.462 e. The van der Waals surface area contributed by atoms with Gasteiger partial charge in [-0.15, -0.1) is 11.3 Å². The fraction of sp³-hybridized carbons (Fsp3) is 0.286. The maximum atomic E-state index is 12.9. The van der Waals surface area contributed by atoms with Crippen molar-refractivity contribution in [1.82, 2.24) is 5.32 Å². The normalized spacial score (nSPS) is 15.1. The summed E-state index contributed by atoms with van der Waals surface area (Å²) in [6.45, 7) is 3.76. The van der Waals surface area contributed by atoms with Gasteiger partial charge in [-0.1, -0.05) is 12.1 Å². The molecule has 1 aromatic heterocycles. The predicted octanol–water partition coefficient (Wildman–Crippen LogP) is 3.96. The molecule has 7 heteroatoms. The van der Waals surface area contributed by atoms with Crippen LogP contribution in [-0.2, 0) is 22.4 Å². The average Bonchev–Trinajstić information content (AvgIpc) is 3.22. The van der Waals surface area contributed by atoms with Gasteiger partial charge in [0.2, 0.25) is 0 Å². The zero-order valence-corrected chi connectivity index (χ0v) is 16.6. The topological polar surface area (TPSA) is 79.8 Å². The number of hydrogen-bond donors (Lipinski definition) is 2. The zero-order chi connectivity index (χ0) is 19.7. The van der Waals surface area contributed by atoms with Gasteiger partial charge >= 0.3 is 5.97 Å². The van der Waals surface area contributed by atoms with Crippen LogP contribution in [0.2, 0.25) is 0 Å². The number of hydrogen-bond acceptors (Lipinski definition) is 6. The van der Waals surface area contributed by atoms with Crippen LogP contribution < -0.4 is 10.6 Å². The van der Waals surface area contributed by atoms with E-state index in [9.17, 15) is 9.59 Å². The summed E-state index contributed by atoms with van der Waals surface area (Å²) >= 11 is 1.52. The van der Waals surface area contributed by atoms with E-state index >= 15 is 0 Å². The molecule has 0 spiro atoms. The number of para-hydroxylation sites is 2. The van der Waals surface area contributed by atoms with E-state index in [-0.39, 0.29) is 23.9 Å². The molecule has 4 rings (SSSR count). The number of aliphatic imine (C=N–C) groups is 1. The molecule has 144 valence electrons. The standard InChI is InChI=1S/C21H21N3O3S/c1-3-27-21(26)18-12(2)22-14-8-4-5-9-15(14)23-19(18)24-20(25)17-11-13-7-6-10-16(13)28-17/h4-5,8-9,11,22H,3,6-7,10H2,1-2H3,(H,23,24,25). The fourth-order valence-corrected chi connectivity index (χ4v) is 4.60. The first-order valence-corrected chi connectivity index (χ1v) is 10.1. The molecule has 1 amide bonds. The van der Waals surface area contributed by atoms with Crippen LogP contribution in [0.5, 0.6) is 0 Å². The van der Waals surface area contributed by atoms with Crippen molar-refractivity contribution in [3.05, 3.63) is 56.9 Å². The number of nitrogens with one attached hydrogen (secondary N) is 2. The number of anilines is 1. The molecule has 2 heterocycles. The maximum Gasteiger partial charge on any atom is 0.343 e. The highest BCUT2D eigenvalue weighted by molar-refractivity contribution is 7.14. The maximum absolute atomic E-state index is 12.9. The molecule has 1 aromatic carbocycles. The first-order valence-electron chi connectivity index (χ1n) is 9.33. The van der Waals surface area contributed by atoms with E-state index < -0.39 is 5.97 Å². The van der Waals surface area contributed by atoms with Crippen LogP contribution in [0.25, 0.3) is 0 Å². The number of nitrogens with zero attached hydrogens (tertiary/aromatic N) is 1. The van der Waals surface area contributed by atoms with Crippen LogP contribution in [0.15, 0.2) is 46.6 Å². The number of amidine groups is 1. The van der Waals surface area contributed by atoms with Crippen molar-refractivity contribution in [2.75, 3.05) is 11.9 Å². The van der Waals surface area contributed by atoms with Crippen molar-refractivity contribution in [2.45, 2.75) is 33.1 Å². The van der Waals surface area contributed by atoms with Gasteiger partial charge in [0.1, 0.15) is 11.4 Å². The van der Waals surface area contributed by atoms with E-state index in [4.69, 9.17) is 4.74 Å². The van der Waals surface area contributed by atoms with Crippen molar-refractivity contribution < 1.29 is 14.3 Å². The summed E-state index contributed by atoms with van der Waals surface area (Å²) in [5, 5.41) is 6.05. The molecule has 0 radical (unpaired) electrons. The van der Waals surface area contributed by atoms with Crippen molar-refractivity contribution >= 4 is 40.4 Å². The Labute approximate surface area is 167 Å². The highest BCUT2D eigenvalue weighted by atomic mass is 32.1.